The van der Waals surface area contributed by atoms with Gasteiger partial charge in [-0.05, 0) is 70.4 Å². The van der Waals surface area contributed by atoms with Crippen LogP contribution in [0.5, 0.6) is 5.75 Å². The molecule has 1 N–H and O–H groups in total. The number of nitrogens with zero attached hydrogens (tertiary/aromatic N) is 2. The van der Waals surface area contributed by atoms with Gasteiger partial charge < -0.3 is 15.0 Å². The monoisotopic (exact) mass is 409 g/mol. The molecule has 0 aliphatic carbocycles. The molecule has 2 unspecified atom stereocenters. The van der Waals surface area contributed by atoms with Crippen LogP contribution in [0.15, 0.2) is 34.1 Å². The lowest BCUT2D eigenvalue weighted by atomic mass is 10.1. The molecule has 2 bridgehead atoms. The molecule has 0 radical (unpaired) electrons. The van der Waals surface area contributed by atoms with Gasteiger partial charge in [-0.1, -0.05) is 11.8 Å². The molecule has 5 heteroatoms. The van der Waals surface area contributed by atoms with E-state index in [2.05, 4.69) is 67.1 Å². The van der Waals surface area contributed by atoms with Crippen LogP contribution in [0.3, 0.4) is 0 Å². The average molecular weight is 410 g/mol. The molecule has 29 heavy (non-hydrogen) atoms. The molecule has 2 atom stereocenters. The molecule has 2 aromatic rings. The summed E-state index contributed by atoms with van der Waals surface area (Å²) in [5, 5.41) is 3.65. The lowest BCUT2D eigenvalue weighted by molar-refractivity contribution is 0.129. The van der Waals surface area contributed by atoms with Gasteiger partial charge in [-0.25, -0.2) is 0 Å². The van der Waals surface area contributed by atoms with Gasteiger partial charge in [0.1, 0.15) is 5.75 Å². The van der Waals surface area contributed by atoms with Gasteiger partial charge in [-0.15, -0.1) is 0 Å². The van der Waals surface area contributed by atoms with Gasteiger partial charge in [-0.2, -0.15) is 0 Å². The average Bonchev–Trinajstić information content (AvgIpc) is 2.97. The van der Waals surface area contributed by atoms with E-state index < -0.39 is 0 Å². The van der Waals surface area contributed by atoms with E-state index in [0.717, 1.165) is 18.8 Å². The minimum absolute atomic E-state index is 0.649. The Morgan fingerprint density at radius 3 is 2.45 bits per heavy atom. The molecule has 4 nitrogen and oxygen atoms in total. The van der Waals surface area contributed by atoms with Crippen molar-refractivity contribution in [2.75, 3.05) is 30.4 Å². The number of nitrogens with one attached hydrogen (secondary N) is 1. The third kappa shape index (κ3) is 3.10. The Morgan fingerprint density at radius 2 is 1.79 bits per heavy atom. The van der Waals surface area contributed by atoms with Crippen molar-refractivity contribution in [3.8, 4) is 5.75 Å². The zero-order chi connectivity index (χ0) is 20.3. The first-order valence-corrected chi connectivity index (χ1v) is 11.6. The fraction of sp³-hybridized carbons (Fsp3) is 0.500. The molecule has 3 heterocycles. The predicted octanol–water partition coefficient (Wildman–Crippen LogP) is 5.58. The summed E-state index contributed by atoms with van der Waals surface area (Å²) in [4.78, 5) is 7.95. The Hall–Kier alpha value is -1.85. The SMILES string of the molecule is COc1c(C)cc2c(c1C)Sc1cc(N3CC4CCC(C3)N4C(C)C)ccc1N2. The van der Waals surface area contributed by atoms with Crippen LogP contribution in [-0.4, -0.2) is 43.2 Å². The highest BCUT2D eigenvalue weighted by Crippen LogP contribution is 2.50. The van der Waals surface area contributed by atoms with E-state index in [-0.39, 0.29) is 0 Å². The second-order valence-corrected chi connectivity index (χ2v) is 10.0. The van der Waals surface area contributed by atoms with E-state index in [1.807, 2.05) is 11.8 Å². The Labute approximate surface area is 178 Å². The number of rotatable bonds is 3. The van der Waals surface area contributed by atoms with Crippen LogP contribution in [-0.2, 0) is 0 Å². The summed E-state index contributed by atoms with van der Waals surface area (Å²) in [7, 11) is 1.76. The second kappa shape index (κ2) is 7.13. The smallest absolute Gasteiger partial charge is 0.125 e. The zero-order valence-electron chi connectivity index (χ0n) is 18.1. The molecule has 154 valence electrons. The Bertz CT molecular complexity index is 944. The quantitative estimate of drug-likeness (QED) is 0.609. The van der Waals surface area contributed by atoms with Gasteiger partial charge in [-0.3, -0.25) is 4.90 Å². The van der Waals surface area contributed by atoms with Crippen LogP contribution < -0.4 is 15.0 Å². The molecular weight excluding hydrogens is 378 g/mol. The minimum atomic E-state index is 0.649. The molecule has 2 aromatic carbocycles. The summed E-state index contributed by atoms with van der Waals surface area (Å²) in [6.45, 7) is 11.3. The first-order chi connectivity index (χ1) is 14.0. The number of ether oxygens (including phenoxy) is 1. The molecule has 5 rings (SSSR count). The van der Waals surface area contributed by atoms with Crippen molar-refractivity contribution in [3.63, 3.8) is 0 Å². The first-order valence-electron chi connectivity index (χ1n) is 10.8. The largest absolute Gasteiger partial charge is 0.496 e. The molecule has 0 spiro atoms. The van der Waals surface area contributed by atoms with Gasteiger partial charge in [0.05, 0.1) is 18.5 Å². The summed E-state index contributed by atoms with van der Waals surface area (Å²) in [5.41, 5.74) is 6.15. The normalized spacial score (nSPS) is 23.0. The number of methoxy groups -OCH3 is 1. The second-order valence-electron chi connectivity index (χ2n) is 8.97. The zero-order valence-corrected chi connectivity index (χ0v) is 18.9. The van der Waals surface area contributed by atoms with Crippen LogP contribution >= 0.6 is 11.8 Å². The highest BCUT2D eigenvalue weighted by molar-refractivity contribution is 7.99. The maximum absolute atomic E-state index is 5.65. The minimum Gasteiger partial charge on any atom is -0.496 e. The topological polar surface area (TPSA) is 27.7 Å². The molecule has 3 aliphatic rings. The van der Waals surface area contributed by atoms with E-state index in [1.165, 1.54) is 50.8 Å². The summed E-state index contributed by atoms with van der Waals surface area (Å²) in [5.74, 6) is 0.999. The standard InChI is InChI=1S/C24H31N3OS/c1-14(2)27-18-6-7-19(27)13-26(12-18)17-8-9-20-22(11-17)29-24-16(4)23(28-5)15(3)10-21(24)25-20/h8-11,14,18-19,25H,6-7,12-13H2,1-5H3. The Kier molecular flexibility index (Phi) is 4.71. The molecule has 3 aliphatic heterocycles. The lowest BCUT2D eigenvalue weighted by Gasteiger charge is -2.44. The molecule has 0 aromatic heterocycles. The van der Waals surface area contributed by atoms with Crippen LogP contribution in [0, 0.1) is 13.8 Å². The fourth-order valence-electron chi connectivity index (χ4n) is 5.63. The van der Waals surface area contributed by atoms with Gasteiger partial charge in [0, 0.05) is 52.3 Å². The number of fused-ring (bicyclic) bond motifs is 4. The van der Waals surface area contributed by atoms with Crippen molar-refractivity contribution < 1.29 is 4.74 Å². The summed E-state index contributed by atoms with van der Waals surface area (Å²) in [6, 6.07) is 11.2. The number of aryl methyl sites for hydroxylation is 1. The highest BCUT2D eigenvalue weighted by Gasteiger charge is 2.41. The van der Waals surface area contributed by atoms with Crippen LogP contribution in [0.25, 0.3) is 0 Å². The lowest BCUT2D eigenvalue weighted by Crippen LogP contribution is -2.56. The first kappa shape index (κ1) is 19.1. The van der Waals surface area contributed by atoms with Crippen LogP contribution in [0.4, 0.5) is 17.1 Å². The van der Waals surface area contributed by atoms with E-state index in [4.69, 9.17) is 4.74 Å². The Balaban J connectivity index is 1.43. The van der Waals surface area contributed by atoms with Gasteiger partial charge in [0.25, 0.3) is 0 Å². The van der Waals surface area contributed by atoms with Gasteiger partial charge in [0.15, 0.2) is 0 Å². The molecule has 0 amide bonds. The maximum atomic E-state index is 5.65. The van der Waals surface area contributed by atoms with E-state index >= 15 is 0 Å². The van der Waals surface area contributed by atoms with E-state index in [1.54, 1.807) is 7.11 Å². The predicted molar refractivity (Wildman–Crippen MR) is 122 cm³/mol. The molecular formula is C24H31N3OS. The summed E-state index contributed by atoms with van der Waals surface area (Å²) in [6.07, 6.45) is 2.68. The number of hydrogen-bond acceptors (Lipinski definition) is 5. The highest BCUT2D eigenvalue weighted by atomic mass is 32.2. The number of hydrogen-bond donors (Lipinski definition) is 1. The van der Waals surface area contributed by atoms with Crippen molar-refractivity contribution in [2.24, 2.45) is 0 Å². The molecule has 2 fully saturated rings. The van der Waals surface area contributed by atoms with Crippen LogP contribution in [0.2, 0.25) is 0 Å². The maximum Gasteiger partial charge on any atom is 0.125 e. The molecule has 0 saturated carbocycles. The molecule has 2 saturated heterocycles. The van der Waals surface area contributed by atoms with Crippen LogP contribution in [0.1, 0.15) is 37.8 Å². The van der Waals surface area contributed by atoms with Crippen molar-refractivity contribution in [1.82, 2.24) is 4.90 Å². The third-order valence-electron chi connectivity index (χ3n) is 6.80. The van der Waals surface area contributed by atoms with Crippen molar-refractivity contribution >= 4 is 28.8 Å². The third-order valence-corrected chi connectivity index (χ3v) is 8.08. The van der Waals surface area contributed by atoms with Crippen molar-refractivity contribution in [1.29, 1.82) is 0 Å². The number of anilines is 3. The fourth-order valence-corrected chi connectivity index (χ4v) is 6.72. The van der Waals surface area contributed by atoms with E-state index in [9.17, 15) is 0 Å². The number of piperazine rings is 1. The Morgan fingerprint density at radius 1 is 1.07 bits per heavy atom. The van der Waals surface area contributed by atoms with E-state index in [0.29, 0.717) is 18.1 Å². The summed E-state index contributed by atoms with van der Waals surface area (Å²) < 4.78 is 5.65. The number of benzene rings is 2. The van der Waals surface area contributed by atoms with Crippen molar-refractivity contribution in [2.45, 2.75) is 68.5 Å². The summed E-state index contributed by atoms with van der Waals surface area (Å²) >= 11 is 1.87. The van der Waals surface area contributed by atoms with Gasteiger partial charge >= 0.3 is 0 Å². The van der Waals surface area contributed by atoms with Crippen molar-refractivity contribution in [3.05, 3.63) is 35.4 Å². The van der Waals surface area contributed by atoms with Gasteiger partial charge in [0.2, 0.25) is 0 Å².